The van der Waals surface area contributed by atoms with Crippen LogP contribution in [0.5, 0.6) is 11.5 Å². The third-order valence-electron chi connectivity index (χ3n) is 2.08. The van der Waals surface area contributed by atoms with Crippen molar-refractivity contribution >= 4 is 5.97 Å². The molecule has 0 fully saturated rings. The number of phenolic OH excluding ortho intramolecular Hbond substituents is 1. The first kappa shape index (κ1) is 13.7. The van der Waals surface area contributed by atoms with E-state index >= 15 is 0 Å². The second-order valence-electron chi connectivity index (χ2n) is 3.22. The van der Waals surface area contributed by atoms with Crippen LogP contribution in [0.25, 0.3) is 0 Å². The molecule has 4 heteroatoms. The molecule has 0 radical (unpaired) electrons. The molecule has 2 aromatic carbocycles. The van der Waals surface area contributed by atoms with Crippen LogP contribution in [0.2, 0.25) is 0 Å². The van der Waals surface area contributed by atoms with Gasteiger partial charge in [0.25, 0.3) is 0 Å². The van der Waals surface area contributed by atoms with Gasteiger partial charge in [0.1, 0.15) is 17.1 Å². The van der Waals surface area contributed by atoms with Crippen molar-refractivity contribution in [3.63, 3.8) is 0 Å². The summed E-state index contributed by atoms with van der Waals surface area (Å²) in [7, 11) is 0. The van der Waals surface area contributed by atoms with Crippen molar-refractivity contribution in [1.29, 1.82) is 0 Å². The topological polar surface area (TPSA) is 46.5 Å². The quantitative estimate of drug-likeness (QED) is 0.467. The number of phenols is 1. The smallest absolute Gasteiger partial charge is 0.347 e. The van der Waals surface area contributed by atoms with Crippen LogP contribution >= 0.6 is 0 Å². The molecule has 82 valence electrons. The van der Waals surface area contributed by atoms with Crippen molar-refractivity contribution < 1.29 is 42.3 Å². The molecule has 0 saturated carbocycles. The van der Waals surface area contributed by atoms with E-state index in [4.69, 9.17) is 4.74 Å². The summed E-state index contributed by atoms with van der Waals surface area (Å²) in [5.74, 6) is -0.191. The normalized spacial score (nSPS) is 9.18. The van der Waals surface area contributed by atoms with Crippen LogP contribution in [0.1, 0.15) is 10.4 Å². The Bertz CT molecular complexity index is 497. The fraction of sp³-hybridized carbons (Fsp3) is 0. The van der Waals surface area contributed by atoms with Gasteiger partial charge in [0.15, 0.2) is 0 Å². The SMILES string of the molecule is O=C(Oc1ccccc1)c1ccccc1O.[Hg]. The summed E-state index contributed by atoms with van der Waals surface area (Å²) in [6.07, 6.45) is 0. The van der Waals surface area contributed by atoms with E-state index < -0.39 is 5.97 Å². The molecule has 0 aliphatic heterocycles. The molecular formula is C13H10HgO3. The third kappa shape index (κ3) is 3.56. The Kier molecular flexibility index (Phi) is 5.16. The minimum absolute atomic E-state index is 0. The van der Waals surface area contributed by atoms with Crippen molar-refractivity contribution in [2.75, 3.05) is 0 Å². The van der Waals surface area contributed by atoms with Crippen LogP contribution in [0.15, 0.2) is 54.6 Å². The molecule has 0 aliphatic carbocycles. The van der Waals surface area contributed by atoms with Gasteiger partial charge in [0.05, 0.1) is 0 Å². The van der Waals surface area contributed by atoms with E-state index in [1.807, 2.05) is 6.07 Å². The van der Waals surface area contributed by atoms with Crippen LogP contribution in [-0.4, -0.2) is 11.1 Å². The van der Waals surface area contributed by atoms with Crippen LogP contribution < -0.4 is 4.74 Å². The Labute approximate surface area is 120 Å². The average Bonchev–Trinajstić information content (AvgIpc) is 2.31. The summed E-state index contributed by atoms with van der Waals surface area (Å²) in [5, 5.41) is 9.46. The molecule has 0 heterocycles. The molecule has 17 heavy (non-hydrogen) atoms. The van der Waals surface area contributed by atoms with Gasteiger partial charge in [-0.3, -0.25) is 0 Å². The number of esters is 1. The predicted octanol–water partition coefficient (Wildman–Crippen LogP) is 2.61. The van der Waals surface area contributed by atoms with Crippen molar-refractivity contribution in [1.82, 2.24) is 0 Å². The fourth-order valence-corrected chi connectivity index (χ4v) is 1.30. The molecule has 3 nitrogen and oxygen atoms in total. The summed E-state index contributed by atoms with van der Waals surface area (Å²) in [6.45, 7) is 0. The van der Waals surface area contributed by atoms with Gasteiger partial charge in [0.2, 0.25) is 0 Å². The Balaban J connectivity index is 0.00000144. The van der Waals surface area contributed by atoms with Crippen molar-refractivity contribution in [2.24, 2.45) is 0 Å². The number of hydrogen-bond acceptors (Lipinski definition) is 3. The average molecular weight is 415 g/mol. The summed E-state index contributed by atoms with van der Waals surface area (Å²) in [6, 6.07) is 15.0. The summed E-state index contributed by atoms with van der Waals surface area (Å²) >= 11 is 0. The number of carbonyl (C=O) groups excluding carboxylic acids is 1. The van der Waals surface area contributed by atoms with Crippen LogP contribution in [0.4, 0.5) is 0 Å². The van der Waals surface area contributed by atoms with Gasteiger partial charge in [-0.15, -0.1) is 0 Å². The van der Waals surface area contributed by atoms with E-state index in [-0.39, 0.29) is 39.0 Å². The number of rotatable bonds is 2. The number of ether oxygens (including phenoxy) is 1. The van der Waals surface area contributed by atoms with Gasteiger partial charge in [0, 0.05) is 27.7 Å². The molecule has 0 saturated heterocycles. The number of para-hydroxylation sites is 2. The molecule has 0 aliphatic rings. The largest absolute Gasteiger partial charge is 0.507 e. The molecule has 0 amide bonds. The maximum atomic E-state index is 11.7. The molecule has 2 rings (SSSR count). The maximum absolute atomic E-state index is 11.7. The summed E-state index contributed by atoms with van der Waals surface area (Å²) in [5.41, 5.74) is 0.159. The summed E-state index contributed by atoms with van der Waals surface area (Å²) in [4.78, 5) is 11.7. The van der Waals surface area contributed by atoms with Crippen LogP contribution in [-0.2, 0) is 27.7 Å². The van der Waals surface area contributed by atoms with E-state index in [0.717, 1.165) is 0 Å². The molecule has 0 spiro atoms. The first-order valence-corrected chi connectivity index (χ1v) is 4.82. The number of benzene rings is 2. The van der Waals surface area contributed by atoms with Gasteiger partial charge in [-0.25, -0.2) is 4.79 Å². The van der Waals surface area contributed by atoms with Gasteiger partial charge < -0.3 is 9.84 Å². The molecule has 0 aromatic heterocycles. The number of aromatic hydroxyl groups is 1. The van der Waals surface area contributed by atoms with Gasteiger partial charge in [-0.05, 0) is 24.3 Å². The summed E-state index contributed by atoms with van der Waals surface area (Å²) < 4.78 is 5.08. The predicted molar refractivity (Wildman–Crippen MR) is 59.5 cm³/mol. The fourth-order valence-electron chi connectivity index (χ4n) is 1.30. The molecule has 2 aromatic rings. The van der Waals surface area contributed by atoms with E-state index in [9.17, 15) is 9.90 Å². The standard InChI is InChI=1S/C13H10O3.Hg/c14-12-9-5-4-8-11(12)13(15)16-10-6-2-1-3-7-10;/h1-9,14H;. The molecule has 0 unspecified atom stereocenters. The van der Waals surface area contributed by atoms with Crippen molar-refractivity contribution in [3.05, 3.63) is 60.2 Å². The Morgan fingerprint density at radius 1 is 0.941 bits per heavy atom. The zero-order valence-electron chi connectivity index (χ0n) is 9.17. The van der Waals surface area contributed by atoms with Crippen molar-refractivity contribution in [3.8, 4) is 11.5 Å². The first-order chi connectivity index (χ1) is 7.77. The Morgan fingerprint density at radius 3 is 2.18 bits per heavy atom. The van der Waals surface area contributed by atoms with Crippen molar-refractivity contribution in [2.45, 2.75) is 0 Å². The first-order valence-electron chi connectivity index (χ1n) is 4.82. The Morgan fingerprint density at radius 2 is 1.53 bits per heavy atom. The zero-order chi connectivity index (χ0) is 11.4. The van der Waals surface area contributed by atoms with Gasteiger partial charge >= 0.3 is 5.97 Å². The minimum Gasteiger partial charge on any atom is -0.507 e. The maximum Gasteiger partial charge on any atom is 0.347 e. The molecule has 0 atom stereocenters. The number of hydrogen-bond donors (Lipinski definition) is 1. The minimum atomic E-state index is -0.565. The van der Waals surface area contributed by atoms with Crippen LogP contribution in [0.3, 0.4) is 0 Å². The molecule has 1 N–H and O–H groups in total. The second kappa shape index (κ2) is 6.40. The van der Waals surface area contributed by atoms with E-state index in [1.165, 1.54) is 12.1 Å². The van der Waals surface area contributed by atoms with Crippen LogP contribution in [0, 0.1) is 0 Å². The van der Waals surface area contributed by atoms with E-state index in [2.05, 4.69) is 0 Å². The monoisotopic (exact) mass is 416 g/mol. The van der Waals surface area contributed by atoms with E-state index in [0.29, 0.717) is 5.75 Å². The van der Waals surface area contributed by atoms with Gasteiger partial charge in [-0.1, -0.05) is 30.3 Å². The Hall–Kier alpha value is -1.35. The molecule has 0 bridgehead atoms. The molecular weight excluding hydrogens is 405 g/mol. The van der Waals surface area contributed by atoms with Gasteiger partial charge in [-0.2, -0.15) is 0 Å². The van der Waals surface area contributed by atoms with E-state index in [1.54, 1.807) is 36.4 Å². The zero-order valence-corrected chi connectivity index (χ0v) is 14.7. The number of carbonyl (C=O) groups is 1. The second-order valence-corrected chi connectivity index (χ2v) is 3.22. The third-order valence-corrected chi connectivity index (χ3v) is 2.08.